The van der Waals surface area contributed by atoms with Gasteiger partial charge in [-0.15, -0.1) is 0 Å². The summed E-state index contributed by atoms with van der Waals surface area (Å²) in [6.45, 7) is 1.49. The average Bonchev–Trinajstić information content (AvgIpc) is 2.20. The highest BCUT2D eigenvalue weighted by molar-refractivity contribution is 5.97. The number of halogens is 2. The molecule has 14 heavy (non-hydrogen) atoms. The Morgan fingerprint density at radius 2 is 1.93 bits per heavy atom. The summed E-state index contributed by atoms with van der Waals surface area (Å²) in [7, 11) is 0. The summed E-state index contributed by atoms with van der Waals surface area (Å²) in [5, 5.41) is 0. The molecule has 2 N–H and O–H groups in total. The molecule has 0 bridgehead atoms. The Labute approximate surface area is 80.8 Å². The fourth-order valence-corrected chi connectivity index (χ4v) is 0.883. The summed E-state index contributed by atoms with van der Waals surface area (Å²) in [6.07, 6.45) is 0.836. The largest absolute Gasteiger partial charge is 0.402 e. The molecule has 0 aliphatic heterocycles. The Hall–Kier alpha value is -1.71. The van der Waals surface area contributed by atoms with E-state index in [-0.39, 0.29) is 11.5 Å². The van der Waals surface area contributed by atoms with Gasteiger partial charge >= 0.3 is 0 Å². The van der Waals surface area contributed by atoms with Gasteiger partial charge in [0.15, 0.2) is 5.83 Å². The topological polar surface area (TPSA) is 38.4 Å². The molecular weight excluding hydrogens is 186 g/mol. The van der Waals surface area contributed by atoms with E-state index in [1.54, 1.807) is 0 Å². The van der Waals surface area contributed by atoms with Crippen molar-refractivity contribution in [1.29, 1.82) is 0 Å². The zero-order chi connectivity index (χ0) is 10.6. The number of nitrogens with zero attached hydrogens (tertiary/aromatic N) is 1. The molecule has 1 aromatic carbocycles. The third-order valence-electron chi connectivity index (χ3n) is 1.62. The first-order valence-electron chi connectivity index (χ1n) is 4.02. The molecule has 0 atom stereocenters. The lowest BCUT2D eigenvalue weighted by molar-refractivity contribution is 0.628. The predicted octanol–water partition coefficient (Wildman–Crippen LogP) is 2.69. The first-order chi connectivity index (χ1) is 6.63. The van der Waals surface area contributed by atoms with Crippen LogP contribution in [0.3, 0.4) is 0 Å². The number of hydrogen-bond donors (Lipinski definition) is 1. The minimum absolute atomic E-state index is 0.166. The van der Waals surface area contributed by atoms with Crippen molar-refractivity contribution in [3.8, 4) is 0 Å². The number of allylic oxidation sites excluding steroid dienone is 1. The van der Waals surface area contributed by atoms with Gasteiger partial charge in [-0.25, -0.2) is 8.78 Å². The summed E-state index contributed by atoms with van der Waals surface area (Å²) < 4.78 is 25.3. The van der Waals surface area contributed by atoms with Crippen molar-refractivity contribution < 1.29 is 8.78 Å². The first kappa shape index (κ1) is 10.4. The lowest BCUT2D eigenvalue weighted by Crippen LogP contribution is -1.94. The standard InChI is InChI=1S/C10H10F2N2/c1-7(10(12)6-13)14-9-4-2-8(11)3-5-9/h2-6H,13H2,1H3/b10-6+,14-7?. The average molecular weight is 196 g/mol. The molecule has 0 spiro atoms. The summed E-state index contributed by atoms with van der Waals surface area (Å²) in [5.41, 5.74) is 5.63. The van der Waals surface area contributed by atoms with Gasteiger partial charge in [0, 0.05) is 6.20 Å². The maximum absolute atomic E-state index is 12.8. The Morgan fingerprint density at radius 1 is 1.36 bits per heavy atom. The SMILES string of the molecule is CC(=Nc1ccc(F)cc1)/C(F)=C\N. The molecule has 74 valence electrons. The molecule has 1 rings (SSSR count). The van der Waals surface area contributed by atoms with Crippen LogP contribution < -0.4 is 5.73 Å². The van der Waals surface area contributed by atoms with Crippen molar-refractivity contribution in [3.05, 3.63) is 42.1 Å². The van der Waals surface area contributed by atoms with Crippen molar-refractivity contribution in [1.82, 2.24) is 0 Å². The number of benzene rings is 1. The molecule has 0 saturated heterocycles. The van der Waals surface area contributed by atoms with Gasteiger partial charge in [-0.3, -0.25) is 4.99 Å². The Balaban J connectivity index is 2.92. The van der Waals surface area contributed by atoms with Crippen LogP contribution in [0.15, 0.2) is 41.3 Å². The molecule has 0 heterocycles. The first-order valence-corrected chi connectivity index (χ1v) is 4.02. The summed E-state index contributed by atoms with van der Waals surface area (Å²) >= 11 is 0. The molecule has 1 aromatic rings. The van der Waals surface area contributed by atoms with E-state index >= 15 is 0 Å². The van der Waals surface area contributed by atoms with Crippen molar-refractivity contribution in [2.75, 3.05) is 0 Å². The third-order valence-corrected chi connectivity index (χ3v) is 1.62. The van der Waals surface area contributed by atoms with Crippen molar-refractivity contribution >= 4 is 11.4 Å². The zero-order valence-corrected chi connectivity index (χ0v) is 7.67. The summed E-state index contributed by atoms with van der Waals surface area (Å²) in [4.78, 5) is 3.90. The smallest absolute Gasteiger partial charge is 0.159 e. The van der Waals surface area contributed by atoms with Crippen molar-refractivity contribution in [3.63, 3.8) is 0 Å². The quantitative estimate of drug-likeness (QED) is 0.725. The summed E-state index contributed by atoms with van der Waals surface area (Å²) in [5.74, 6) is -0.939. The molecule has 0 amide bonds. The molecular formula is C10H10F2N2. The van der Waals surface area contributed by atoms with E-state index < -0.39 is 5.83 Å². The highest BCUT2D eigenvalue weighted by Crippen LogP contribution is 2.14. The highest BCUT2D eigenvalue weighted by atomic mass is 19.1. The van der Waals surface area contributed by atoms with Gasteiger partial charge in [-0.05, 0) is 31.2 Å². The van der Waals surface area contributed by atoms with Gasteiger partial charge in [-0.2, -0.15) is 0 Å². The predicted molar refractivity (Wildman–Crippen MR) is 52.5 cm³/mol. The van der Waals surface area contributed by atoms with Crippen LogP contribution in [0.5, 0.6) is 0 Å². The van der Waals surface area contributed by atoms with Gasteiger partial charge in [0.2, 0.25) is 0 Å². The van der Waals surface area contributed by atoms with Gasteiger partial charge < -0.3 is 5.73 Å². The fourth-order valence-electron chi connectivity index (χ4n) is 0.883. The summed E-state index contributed by atoms with van der Waals surface area (Å²) in [6, 6.07) is 5.44. The van der Waals surface area contributed by atoms with E-state index in [9.17, 15) is 8.78 Å². The maximum atomic E-state index is 12.8. The Bertz CT molecular complexity index is 366. The molecule has 0 aromatic heterocycles. The van der Waals surface area contributed by atoms with Gasteiger partial charge in [0.05, 0.1) is 11.4 Å². The number of aliphatic imine (C=N–C) groups is 1. The van der Waals surface area contributed by atoms with Gasteiger partial charge in [0.25, 0.3) is 0 Å². The maximum Gasteiger partial charge on any atom is 0.159 e. The van der Waals surface area contributed by atoms with Crippen LogP contribution in [-0.4, -0.2) is 5.71 Å². The van der Waals surface area contributed by atoms with Crippen LogP contribution in [0.1, 0.15) is 6.92 Å². The van der Waals surface area contributed by atoms with Crippen LogP contribution >= 0.6 is 0 Å². The Kier molecular flexibility index (Phi) is 3.34. The fraction of sp³-hybridized carbons (Fsp3) is 0.100. The van der Waals surface area contributed by atoms with Crippen LogP contribution in [0.2, 0.25) is 0 Å². The van der Waals surface area contributed by atoms with E-state index in [1.807, 2.05) is 0 Å². The number of hydrogen-bond acceptors (Lipinski definition) is 2. The van der Waals surface area contributed by atoms with Crippen LogP contribution in [0.25, 0.3) is 0 Å². The molecule has 4 heteroatoms. The number of nitrogens with two attached hydrogens (primary N) is 1. The van der Waals surface area contributed by atoms with Gasteiger partial charge in [-0.1, -0.05) is 0 Å². The van der Waals surface area contributed by atoms with Crippen LogP contribution in [-0.2, 0) is 0 Å². The highest BCUT2D eigenvalue weighted by Gasteiger charge is 1.98. The monoisotopic (exact) mass is 196 g/mol. The molecule has 0 fully saturated rings. The molecule has 0 aliphatic rings. The minimum Gasteiger partial charge on any atom is -0.402 e. The van der Waals surface area contributed by atoms with E-state index in [1.165, 1.54) is 31.2 Å². The molecule has 0 radical (unpaired) electrons. The third kappa shape index (κ3) is 2.65. The van der Waals surface area contributed by atoms with E-state index in [2.05, 4.69) is 4.99 Å². The lowest BCUT2D eigenvalue weighted by Gasteiger charge is -1.97. The normalized spacial score (nSPS) is 13.1. The van der Waals surface area contributed by atoms with Crippen LogP contribution in [0, 0.1) is 5.82 Å². The van der Waals surface area contributed by atoms with E-state index in [4.69, 9.17) is 5.73 Å². The Morgan fingerprint density at radius 3 is 2.43 bits per heavy atom. The second-order valence-electron chi connectivity index (χ2n) is 2.69. The minimum atomic E-state index is -0.589. The molecule has 0 saturated carbocycles. The second-order valence-corrected chi connectivity index (χ2v) is 2.69. The molecule has 0 aliphatic carbocycles. The molecule has 2 nitrogen and oxygen atoms in total. The van der Waals surface area contributed by atoms with Crippen molar-refractivity contribution in [2.45, 2.75) is 6.92 Å². The number of rotatable bonds is 2. The zero-order valence-electron chi connectivity index (χ0n) is 7.67. The van der Waals surface area contributed by atoms with Crippen LogP contribution in [0.4, 0.5) is 14.5 Å². The molecule has 0 unspecified atom stereocenters. The van der Waals surface area contributed by atoms with Gasteiger partial charge in [0.1, 0.15) is 5.82 Å². The second kappa shape index (κ2) is 4.50. The van der Waals surface area contributed by atoms with E-state index in [0.29, 0.717) is 5.69 Å². The van der Waals surface area contributed by atoms with Crippen molar-refractivity contribution in [2.24, 2.45) is 10.7 Å². The van der Waals surface area contributed by atoms with E-state index in [0.717, 1.165) is 6.20 Å². The lowest BCUT2D eigenvalue weighted by atomic mass is 10.3.